The van der Waals surface area contributed by atoms with Crippen molar-refractivity contribution in [2.45, 2.75) is 19.8 Å². The summed E-state index contributed by atoms with van der Waals surface area (Å²) in [6.45, 7) is 1.39. The van der Waals surface area contributed by atoms with Crippen molar-refractivity contribution in [3.05, 3.63) is 34.4 Å². The van der Waals surface area contributed by atoms with E-state index in [1.54, 1.807) is 21.3 Å². The molecule has 0 spiro atoms. The maximum Gasteiger partial charge on any atom is 0.150 e. The Morgan fingerprint density at radius 1 is 0.941 bits per heavy atom. The van der Waals surface area contributed by atoms with Crippen LogP contribution in [0.2, 0.25) is 0 Å². The molecule has 0 fully saturated rings. The van der Waals surface area contributed by atoms with E-state index in [2.05, 4.69) is 0 Å². The Kier molecular flexibility index (Phi) is 5.83. The summed E-state index contributed by atoms with van der Waals surface area (Å²) in [6, 6.07) is 3.65. The smallest absolute Gasteiger partial charge is 0.150 e. The average molecular weight is 238 g/mol. The molecule has 0 bridgehead atoms. The fraction of sp³-hybridized carbons (Fsp3) is 0.462. The zero-order valence-corrected chi connectivity index (χ0v) is 10.5. The molecule has 0 saturated heterocycles. The van der Waals surface area contributed by atoms with Crippen LogP contribution in [0.25, 0.3) is 0 Å². The van der Waals surface area contributed by atoms with Gasteiger partial charge < -0.3 is 14.2 Å². The minimum atomic E-state index is 0.455. The van der Waals surface area contributed by atoms with E-state index < -0.39 is 0 Å². The number of aldehydes is 1. The first-order valence-corrected chi connectivity index (χ1v) is 5.33. The lowest BCUT2D eigenvalue weighted by atomic mass is 9.99. The monoisotopic (exact) mass is 238 g/mol. The predicted molar refractivity (Wildman–Crippen MR) is 64.0 cm³/mol. The maximum absolute atomic E-state index is 10.9. The van der Waals surface area contributed by atoms with Crippen LogP contribution in [0.3, 0.4) is 0 Å². The van der Waals surface area contributed by atoms with Crippen LogP contribution in [0.4, 0.5) is 0 Å². The molecule has 0 amide bonds. The van der Waals surface area contributed by atoms with Crippen molar-refractivity contribution in [1.82, 2.24) is 0 Å². The zero-order chi connectivity index (χ0) is 12.7. The molecule has 4 nitrogen and oxygen atoms in total. The van der Waals surface area contributed by atoms with Crippen molar-refractivity contribution in [1.29, 1.82) is 0 Å². The highest BCUT2D eigenvalue weighted by molar-refractivity contribution is 5.76. The van der Waals surface area contributed by atoms with E-state index in [1.807, 2.05) is 12.1 Å². The molecule has 0 N–H and O–H groups in total. The van der Waals surface area contributed by atoms with Gasteiger partial charge in [-0.2, -0.15) is 0 Å². The number of benzene rings is 1. The minimum absolute atomic E-state index is 0.455. The summed E-state index contributed by atoms with van der Waals surface area (Å²) in [5, 5.41) is 0. The fourth-order valence-corrected chi connectivity index (χ4v) is 1.79. The first-order chi connectivity index (χ1) is 8.26. The van der Waals surface area contributed by atoms with E-state index in [1.165, 1.54) is 0 Å². The van der Waals surface area contributed by atoms with Crippen molar-refractivity contribution in [3.63, 3.8) is 0 Å². The van der Waals surface area contributed by atoms with Crippen molar-refractivity contribution in [2.24, 2.45) is 0 Å². The summed E-state index contributed by atoms with van der Waals surface area (Å²) in [6.07, 6.45) is 0.828. The molecule has 0 aliphatic rings. The summed E-state index contributed by atoms with van der Waals surface area (Å²) in [5.74, 6) is 0. The Hall–Kier alpha value is -1.23. The average Bonchev–Trinajstić information content (AvgIpc) is 2.33. The van der Waals surface area contributed by atoms with E-state index in [0.717, 1.165) is 23.0 Å². The van der Waals surface area contributed by atoms with Crippen molar-refractivity contribution >= 4 is 6.29 Å². The van der Waals surface area contributed by atoms with Gasteiger partial charge in [-0.15, -0.1) is 0 Å². The normalized spacial score (nSPS) is 10.5. The third-order valence-corrected chi connectivity index (χ3v) is 2.48. The standard InChI is InChI=1S/C13H18O4/c1-15-7-11-4-10(6-14)5-12(8-16-2)13(11)9-17-3/h4-6H,7-9H2,1-3H3. The van der Waals surface area contributed by atoms with Gasteiger partial charge in [0.25, 0.3) is 0 Å². The summed E-state index contributed by atoms with van der Waals surface area (Å²) in [5.41, 5.74) is 3.59. The third kappa shape index (κ3) is 3.63. The topological polar surface area (TPSA) is 44.8 Å². The number of carbonyl (C=O) groups excluding carboxylic acids is 1. The summed E-state index contributed by atoms with van der Waals surface area (Å²) in [7, 11) is 4.89. The zero-order valence-electron chi connectivity index (χ0n) is 10.5. The fourth-order valence-electron chi connectivity index (χ4n) is 1.79. The lowest BCUT2D eigenvalue weighted by Gasteiger charge is -2.14. The number of carbonyl (C=O) groups is 1. The molecule has 0 aliphatic heterocycles. The number of hydrogen-bond donors (Lipinski definition) is 0. The molecule has 0 radical (unpaired) electrons. The second-order valence-corrected chi connectivity index (χ2v) is 3.73. The molecular formula is C13H18O4. The molecule has 4 heteroatoms. The van der Waals surface area contributed by atoms with E-state index in [-0.39, 0.29) is 0 Å². The van der Waals surface area contributed by atoms with E-state index in [9.17, 15) is 4.79 Å². The number of hydrogen-bond acceptors (Lipinski definition) is 4. The van der Waals surface area contributed by atoms with Gasteiger partial charge >= 0.3 is 0 Å². The Morgan fingerprint density at radius 2 is 1.41 bits per heavy atom. The SMILES string of the molecule is COCc1cc(C=O)cc(COC)c1COC. The quantitative estimate of drug-likeness (QED) is 0.681. The van der Waals surface area contributed by atoms with Gasteiger partial charge in [-0.3, -0.25) is 4.79 Å². The Morgan fingerprint density at radius 3 is 1.76 bits per heavy atom. The molecule has 17 heavy (non-hydrogen) atoms. The van der Waals surface area contributed by atoms with Crippen molar-refractivity contribution < 1.29 is 19.0 Å². The van der Waals surface area contributed by atoms with Crippen molar-refractivity contribution in [3.8, 4) is 0 Å². The summed E-state index contributed by atoms with van der Waals surface area (Å²) in [4.78, 5) is 10.9. The van der Waals surface area contributed by atoms with Crippen LogP contribution in [-0.4, -0.2) is 27.6 Å². The van der Waals surface area contributed by atoms with Gasteiger partial charge in [-0.25, -0.2) is 0 Å². The molecule has 0 saturated carbocycles. The van der Waals surface area contributed by atoms with Crippen LogP contribution in [-0.2, 0) is 34.0 Å². The van der Waals surface area contributed by atoms with Crippen LogP contribution in [0.15, 0.2) is 12.1 Å². The molecule has 1 rings (SSSR count). The molecule has 0 aliphatic carbocycles. The van der Waals surface area contributed by atoms with E-state index in [0.29, 0.717) is 25.4 Å². The molecule has 0 heterocycles. The van der Waals surface area contributed by atoms with Gasteiger partial charge in [-0.1, -0.05) is 0 Å². The summed E-state index contributed by atoms with van der Waals surface area (Å²) < 4.78 is 15.4. The largest absolute Gasteiger partial charge is 0.380 e. The number of methoxy groups -OCH3 is 3. The molecule has 0 atom stereocenters. The van der Waals surface area contributed by atoms with Gasteiger partial charge in [0.15, 0.2) is 0 Å². The molecule has 1 aromatic carbocycles. The highest BCUT2D eigenvalue weighted by Crippen LogP contribution is 2.20. The Balaban J connectivity index is 3.21. The van der Waals surface area contributed by atoms with Gasteiger partial charge in [0.1, 0.15) is 6.29 Å². The summed E-state index contributed by atoms with van der Waals surface area (Å²) >= 11 is 0. The van der Waals surface area contributed by atoms with E-state index in [4.69, 9.17) is 14.2 Å². The molecule has 0 aromatic heterocycles. The second-order valence-electron chi connectivity index (χ2n) is 3.73. The van der Waals surface area contributed by atoms with Gasteiger partial charge in [0.05, 0.1) is 19.8 Å². The molecule has 0 unspecified atom stereocenters. The van der Waals surface area contributed by atoms with Crippen LogP contribution in [0.1, 0.15) is 27.0 Å². The lowest BCUT2D eigenvalue weighted by Crippen LogP contribution is -2.05. The number of rotatable bonds is 7. The van der Waals surface area contributed by atoms with Gasteiger partial charge in [0.2, 0.25) is 0 Å². The molecule has 94 valence electrons. The highest BCUT2D eigenvalue weighted by atomic mass is 16.5. The lowest BCUT2D eigenvalue weighted by molar-refractivity contribution is 0.112. The predicted octanol–water partition coefficient (Wildman–Crippen LogP) is 1.94. The van der Waals surface area contributed by atoms with Gasteiger partial charge in [-0.05, 0) is 28.8 Å². The van der Waals surface area contributed by atoms with Crippen LogP contribution >= 0.6 is 0 Å². The maximum atomic E-state index is 10.9. The van der Waals surface area contributed by atoms with Gasteiger partial charge in [0, 0.05) is 26.9 Å². The first-order valence-electron chi connectivity index (χ1n) is 5.33. The third-order valence-electron chi connectivity index (χ3n) is 2.48. The minimum Gasteiger partial charge on any atom is -0.380 e. The second kappa shape index (κ2) is 7.17. The van der Waals surface area contributed by atoms with Crippen LogP contribution in [0, 0.1) is 0 Å². The Bertz CT molecular complexity index is 347. The van der Waals surface area contributed by atoms with E-state index >= 15 is 0 Å². The Labute approximate surface area is 101 Å². The highest BCUT2D eigenvalue weighted by Gasteiger charge is 2.10. The van der Waals surface area contributed by atoms with Crippen molar-refractivity contribution in [2.75, 3.05) is 21.3 Å². The van der Waals surface area contributed by atoms with Crippen LogP contribution in [0.5, 0.6) is 0 Å². The molecular weight excluding hydrogens is 220 g/mol. The first kappa shape index (κ1) is 13.8. The molecule has 1 aromatic rings. The number of ether oxygens (including phenoxy) is 3. The van der Waals surface area contributed by atoms with Crippen LogP contribution < -0.4 is 0 Å².